The highest BCUT2D eigenvalue weighted by molar-refractivity contribution is 5.92. The topological polar surface area (TPSA) is 73.0 Å². The Morgan fingerprint density at radius 2 is 1.48 bits per heavy atom. The zero-order valence-electron chi connectivity index (χ0n) is 22.3. The van der Waals surface area contributed by atoms with E-state index < -0.39 is 12.2 Å². The minimum Gasteiger partial charge on any atom is -0.334 e. The van der Waals surface area contributed by atoms with Crippen LogP contribution in [-0.2, 0) is 29.1 Å². The summed E-state index contributed by atoms with van der Waals surface area (Å²) in [5.74, 6) is -0.177. The number of hydrogen-bond acceptors (Lipinski definition) is 3. The third-order valence-electron chi connectivity index (χ3n) is 7.91. The van der Waals surface area contributed by atoms with E-state index in [-0.39, 0.29) is 30.8 Å². The molecule has 40 heavy (non-hydrogen) atoms. The molecule has 2 aliphatic rings. The van der Waals surface area contributed by atoms with Gasteiger partial charge in [-0.05, 0) is 27.5 Å². The number of fused-ring (bicyclic) bond motifs is 2. The number of hydrogen-bond donors (Lipinski definition) is 1. The summed E-state index contributed by atoms with van der Waals surface area (Å²) < 4.78 is 0. The smallest absolute Gasteiger partial charge is 0.319 e. The molecule has 0 aromatic heterocycles. The summed E-state index contributed by atoms with van der Waals surface area (Å²) in [6, 6.07) is 32.9. The Kier molecular flexibility index (Phi) is 7.19. The minimum atomic E-state index is -0.687. The van der Waals surface area contributed by atoms with Crippen molar-refractivity contribution in [2.24, 2.45) is 0 Å². The van der Waals surface area contributed by atoms with Crippen LogP contribution in [0.1, 0.15) is 23.1 Å². The van der Waals surface area contributed by atoms with E-state index in [2.05, 4.69) is 23.5 Å². The van der Waals surface area contributed by atoms with Crippen molar-refractivity contribution in [3.8, 4) is 0 Å². The number of carbonyl (C=O) groups is 3. The third kappa shape index (κ3) is 5.15. The number of nitrogens with zero attached hydrogens (tertiary/aromatic N) is 3. The lowest BCUT2D eigenvalue weighted by Gasteiger charge is -2.52. The highest BCUT2D eigenvalue weighted by atomic mass is 16.2. The zero-order chi connectivity index (χ0) is 27.5. The first kappa shape index (κ1) is 25.6. The van der Waals surface area contributed by atoms with E-state index in [0.29, 0.717) is 26.1 Å². The van der Waals surface area contributed by atoms with Gasteiger partial charge in [-0.2, -0.15) is 0 Å². The summed E-state index contributed by atoms with van der Waals surface area (Å²) in [6.07, 6.45) is 0.0447. The van der Waals surface area contributed by atoms with Crippen molar-refractivity contribution in [1.82, 2.24) is 20.0 Å². The highest BCUT2D eigenvalue weighted by Crippen LogP contribution is 2.30. The summed E-state index contributed by atoms with van der Waals surface area (Å²) in [7, 11) is 0. The van der Waals surface area contributed by atoms with Gasteiger partial charge in [0.05, 0.1) is 6.54 Å². The quantitative estimate of drug-likeness (QED) is 0.396. The van der Waals surface area contributed by atoms with Crippen LogP contribution in [0.2, 0.25) is 0 Å². The van der Waals surface area contributed by atoms with Crippen LogP contribution in [0.5, 0.6) is 0 Å². The van der Waals surface area contributed by atoms with Crippen LogP contribution < -0.4 is 5.32 Å². The van der Waals surface area contributed by atoms with Crippen LogP contribution in [0.4, 0.5) is 4.79 Å². The lowest BCUT2D eigenvalue weighted by atomic mass is 9.96. The molecule has 6 rings (SSSR count). The molecule has 202 valence electrons. The molecule has 0 radical (unpaired) electrons. The van der Waals surface area contributed by atoms with E-state index >= 15 is 0 Å². The molecule has 2 fully saturated rings. The lowest BCUT2D eigenvalue weighted by Crippen LogP contribution is -2.72. The number of benzene rings is 4. The first-order valence-electron chi connectivity index (χ1n) is 13.8. The number of piperazine rings is 1. The van der Waals surface area contributed by atoms with Crippen molar-refractivity contribution in [3.05, 3.63) is 120 Å². The molecule has 7 heteroatoms. The van der Waals surface area contributed by atoms with E-state index in [4.69, 9.17) is 0 Å². The summed E-state index contributed by atoms with van der Waals surface area (Å²) in [5, 5.41) is 5.23. The fourth-order valence-corrected chi connectivity index (χ4v) is 5.91. The molecule has 0 unspecified atom stereocenters. The Bertz CT molecular complexity index is 1520. The second-order valence-corrected chi connectivity index (χ2v) is 10.4. The van der Waals surface area contributed by atoms with Gasteiger partial charge in [-0.25, -0.2) is 4.79 Å². The van der Waals surface area contributed by atoms with Crippen molar-refractivity contribution in [3.63, 3.8) is 0 Å². The van der Waals surface area contributed by atoms with Gasteiger partial charge in [0, 0.05) is 32.5 Å². The molecular formula is C33H32N4O3. The van der Waals surface area contributed by atoms with Gasteiger partial charge in [0.1, 0.15) is 12.2 Å². The zero-order valence-corrected chi connectivity index (χ0v) is 22.3. The van der Waals surface area contributed by atoms with Crippen LogP contribution >= 0.6 is 0 Å². The average Bonchev–Trinajstić information content (AvgIpc) is 2.99. The molecule has 2 heterocycles. The maximum absolute atomic E-state index is 14.1. The minimum absolute atomic E-state index is 0.0869. The maximum atomic E-state index is 14.1. The maximum Gasteiger partial charge on any atom is 0.319 e. The molecule has 0 saturated carbocycles. The molecule has 2 aliphatic heterocycles. The van der Waals surface area contributed by atoms with Gasteiger partial charge in [0.25, 0.3) is 0 Å². The number of nitrogens with one attached hydrogen (secondary N) is 1. The fourth-order valence-electron chi connectivity index (χ4n) is 5.91. The Balaban J connectivity index is 1.31. The molecule has 4 amide bonds. The average molecular weight is 533 g/mol. The van der Waals surface area contributed by atoms with Crippen molar-refractivity contribution in [2.45, 2.75) is 38.1 Å². The predicted octanol–water partition coefficient (Wildman–Crippen LogP) is 4.56. The van der Waals surface area contributed by atoms with Crippen LogP contribution in [0, 0.1) is 0 Å². The Morgan fingerprint density at radius 1 is 0.800 bits per heavy atom. The van der Waals surface area contributed by atoms with Gasteiger partial charge in [0.15, 0.2) is 0 Å². The number of rotatable bonds is 6. The highest BCUT2D eigenvalue weighted by Gasteiger charge is 2.48. The Morgan fingerprint density at radius 3 is 2.25 bits per heavy atom. The number of amides is 4. The standard InChI is InChI=1S/C33H32N4O3/c38-31-18-19-36(33(40)34-21-25-12-5-2-6-13-25)30-23-35(22-27-16-9-15-26-14-7-8-17-28(26)27)32(39)29(37(30)31)20-24-10-3-1-4-11-24/h1-17,29-30H,18-23H2,(H,34,40)/t29-,30+/m1/s1. The Labute approximate surface area is 234 Å². The van der Waals surface area contributed by atoms with E-state index in [1.165, 1.54) is 0 Å². The molecule has 4 aromatic carbocycles. The van der Waals surface area contributed by atoms with Gasteiger partial charge >= 0.3 is 6.03 Å². The second-order valence-electron chi connectivity index (χ2n) is 10.4. The molecule has 7 nitrogen and oxygen atoms in total. The van der Waals surface area contributed by atoms with Crippen molar-refractivity contribution >= 4 is 28.6 Å². The van der Waals surface area contributed by atoms with Crippen molar-refractivity contribution in [1.29, 1.82) is 0 Å². The number of urea groups is 1. The van der Waals surface area contributed by atoms with Crippen LogP contribution in [-0.4, -0.2) is 57.8 Å². The lowest BCUT2D eigenvalue weighted by molar-refractivity contribution is -0.167. The van der Waals surface area contributed by atoms with Gasteiger partial charge in [-0.3, -0.25) is 9.59 Å². The van der Waals surface area contributed by atoms with Gasteiger partial charge in [0.2, 0.25) is 11.8 Å². The van der Waals surface area contributed by atoms with Crippen molar-refractivity contribution < 1.29 is 14.4 Å². The molecular weight excluding hydrogens is 500 g/mol. The molecule has 0 spiro atoms. The molecule has 2 atom stereocenters. The summed E-state index contributed by atoms with van der Waals surface area (Å²) in [5.41, 5.74) is 3.02. The van der Waals surface area contributed by atoms with Crippen LogP contribution in [0.15, 0.2) is 103 Å². The molecule has 0 aliphatic carbocycles. The number of carbonyl (C=O) groups excluding carboxylic acids is 3. The van der Waals surface area contributed by atoms with E-state index in [9.17, 15) is 14.4 Å². The first-order chi connectivity index (χ1) is 19.6. The summed E-state index contributed by atoms with van der Waals surface area (Å²) in [4.78, 5) is 46.1. The summed E-state index contributed by atoms with van der Waals surface area (Å²) >= 11 is 0. The van der Waals surface area contributed by atoms with Gasteiger partial charge in [-0.15, -0.1) is 0 Å². The van der Waals surface area contributed by atoms with Gasteiger partial charge in [-0.1, -0.05) is 103 Å². The Hall–Kier alpha value is -4.65. The largest absolute Gasteiger partial charge is 0.334 e. The van der Waals surface area contributed by atoms with Crippen LogP contribution in [0.3, 0.4) is 0 Å². The molecule has 2 saturated heterocycles. The summed E-state index contributed by atoms with van der Waals surface area (Å²) in [6.45, 7) is 1.37. The van der Waals surface area contributed by atoms with E-state index in [1.54, 1.807) is 9.80 Å². The molecule has 1 N–H and O–H groups in total. The van der Waals surface area contributed by atoms with Gasteiger partial charge < -0.3 is 20.0 Å². The fraction of sp³-hybridized carbons (Fsp3) is 0.242. The molecule has 4 aromatic rings. The SMILES string of the molecule is O=C1[C@@H](Cc2ccccc2)N2C(=O)CCN(C(=O)NCc3ccccc3)[C@@H]2CN1Cc1cccc2ccccc12. The third-order valence-corrected chi connectivity index (χ3v) is 7.91. The first-order valence-corrected chi connectivity index (χ1v) is 13.8. The monoisotopic (exact) mass is 532 g/mol. The normalized spacial score (nSPS) is 19.1. The second kappa shape index (κ2) is 11.2. The van der Waals surface area contributed by atoms with Crippen molar-refractivity contribution in [2.75, 3.05) is 13.1 Å². The van der Waals surface area contributed by atoms with E-state index in [1.807, 2.05) is 89.8 Å². The predicted molar refractivity (Wildman–Crippen MR) is 154 cm³/mol. The molecule has 0 bridgehead atoms. The van der Waals surface area contributed by atoms with E-state index in [0.717, 1.165) is 27.5 Å². The van der Waals surface area contributed by atoms with Crippen LogP contribution in [0.25, 0.3) is 10.8 Å².